The van der Waals surface area contributed by atoms with E-state index in [4.69, 9.17) is 0 Å². The monoisotopic (exact) mass is 262 g/mol. The Kier molecular flexibility index (Phi) is 4.06. The van der Waals surface area contributed by atoms with Crippen molar-refractivity contribution < 1.29 is 5.11 Å². The summed E-state index contributed by atoms with van der Waals surface area (Å²) in [5.74, 6) is 0.531. The molecular formula is C12H18N6O. The molecular weight excluding hydrogens is 244 g/mol. The Labute approximate surface area is 111 Å². The lowest BCUT2D eigenvalue weighted by Gasteiger charge is -2.08. The second-order valence-corrected chi connectivity index (χ2v) is 4.54. The third-order valence-electron chi connectivity index (χ3n) is 2.67. The van der Waals surface area contributed by atoms with Crippen molar-refractivity contribution in [3.8, 4) is 0 Å². The third-order valence-corrected chi connectivity index (χ3v) is 2.67. The van der Waals surface area contributed by atoms with Gasteiger partial charge < -0.3 is 14.6 Å². The van der Waals surface area contributed by atoms with Crippen LogP contribution in [0.15, 0.2) is 17.6 Å². The van der Waals surface area contributed by atoms with Crippen LogP contribution in [-0.2, 0) is 6.54 Å². The number of hydrogen-bond acceptors (Lipinski definition) is 5. The molecule has 0 unspecified atom stereocenters. The van der Waals surface area contributed by atoms with Crippen LogP contribution in [-0.4, -0.2) is 56.1 Å². The summed E-state index contributed by atoms with van der Waals surface area (Å²) in [6.07, 6.45) is 5.08. The quantitative estimate of drug-likeness (QED) is 0.637. The highest BCUT2D eigenvalue weighted by Crippen LogP contribution is 2.19. The highest BCUT2D eigenvalue weighted by Gasteiger charge is 2.11. The normalized spacial score (nSPS) is 13.3. The molecule has 2 aromatic rings. The largest absolute Gasteiger partial charge is 0.391 e. The van der Waals surface area contributed by atoms with Crippen LogP contribution in [0, 0.1) is 0 Å². The van der Waals surface area contributed by atoms with Crippen LogP contribution in [0.3, 0.4) is 0 Å². The number of imidazole rings is 1. The van der Waals surface area contributed by atoms with Gasteiger partial charge in [-0.25, -0.2) is 19.9 Å². The molecule has 7 nitrogen and oxygen atoms in total. The standard InChI is InChI=1S/C12H18N6O/c1-4-9(19)5-18-8-15-10-11(16-7-17(2)3)13-6-14-12(10)18/h6-9,19H,4-5H2,1-3H3/b16-7-/t9-/m1/s1. The Bertz CT molecular complexity index is 577. The van der Waals surface area contributed by atoms with Gasteiger partial charge in [0.2, 0.25) is 0 Å². The fraction of sp³-hybridized carbons (Fsp3) is 0.500. The molecule has 0 fully saturated rings. The third kappa shape index (κ3) is 3.05. The minimum atomic E-state index is -0.402. The molecule has 2 rings (SSSR count). The van der Waals surface area contributed by atoms with Gasteiger partial charge in [-0.1, -0.05) is 6.92 Å². The predicted molar refractivity (Wildman–Crippen MR) is 73.5 cm³/mol. The van der Waals surface area contributed by atoms with Crippen molar-refractivity contribution in [3.05, 3.63) is 12.7 Å². The maximum Gasteiger partial charge on any atom is 0.184 e. The first-order valence-corrected chi connectivity index (χ1v) is 6.16. The SMILES string of the molecule is CC[C@@H](O)Cn1cnc2c(/N=C\N(C)C)ncnc21. The smallest absolute Gasteiger partial charge is 0.184 e. The summed E-state index contributed by atoms with van der Waals surface area (Å²) < 4.78 is 1.82. The molecule has 0 bridgehead atoms. The van der Waals surface area contributed by atoms with E-state index < -0.39 is 6.10 Å². The van der Waals surface area contributed by atoms with Crippen LogP contribution in [0.2, 0.25) is 0 Å². The molecule has 1 atom stereocenters. The molecule has 1 N–H and O–H groups in total. The molecule has 0 saturated carbocycles. The number of aromatic nitrogens is 4. The highest BCUT2D eigenvalue weighted by atomic mass is 16.3. The van der Waals surface area contributed by atoms with Gasteiger partial charge in [0.25, 0.3) is 0 Å². The van der Waals surface area contributed by atoms with E-state index in [0.29, 0.717) is 29.9 Å². The van der Waals surface area contributed by atoms with Crippen molar-refractivity contribution in [3.63, 3.8) is 0 Å². The molecule has 0 aliphatic rings. The van der Waals surface area contributed by atoms with Gasteiger partial charge >= 0.3 is 0 Å². The molecule has 19 heavy (non-hydrogen) atoms. The maximum absolute atomic E-state index is 9.71. The number of hydrogen-bond donors (Lipinski definition) is 1. The number of aliphatic hydroxyl groups is 1. The number of aliphatic imine (C=N–C) groups is 1. The minimum absolute atomic E-state index is 0.402. The summed E-state index contributed by atoms with van der Waals surface area (Å²) in [7, 11) is 3.77. The van der Waals surface area contributed by atoms with Crippen molar-refractivity contribution in [2.75, 3.05) is 14.1 Å². The molecule has 0 amide bonds. The lowest BCUT2D eigenvalue weighted by atomic mass is 10.3. The minimum Gasteiger partial charge on any atom is -0.391 e. The van der Waals surface area contributed by atoms with Crippen LogP contribution in [0.4, 0.5) is 5.82 Å². The van der Waals surface area contributed by atoms with Gasteiger partial charge in [0, 0.05) is 14.1 Å². The first kappa shape index (κ1) is 13.4. The molecule has 7 heteroatoms. The molecule has 102 valence electrons. The highest BCUT2D eigenvalue weighted by molar-refractivity contribution is 5.82. The van der Waals surface area contributed by atoms with E-state index >= 15 is 0 Å². The summed E-state index contributed by atoms with van der Waals surface area (Å²) in [5.41, 5.74) is 1.33. The first-order valence-electron chi connectivity index (χ1n) is 6.16. The van der Waals surface area contributed by atoms with E-state index in [1.807, 2.05) is 30.5 Å². The van der Waals surface area contributed by atoms with Gasteiger partial charge in [0.15, 0.2) is 17.0 Å². The van der Waals surface area contributed by atoms with Gasteiger partial charge in [-0.2, -0.15) is 0 Å². The van der Waals surface area contributed by atoms with E-state index in [-0.39, 0.29) is 0 Å². The Morgan fingerprint density at radius 1 is 1.42 bits per heavy atom. The average molecular weight is 262 g/mol. The van der Waals surface area contributed by atoms with Crippen molar-refractivity contribution in [2.24, 2.45) is 4.99 Å². The van der Waals surface area contributed by atoms with Crippen molar-refractivity contribution in [1.82, 2.24) is 24.4 Å². The van der Waals surface area contributed by atoms with Gasteiger partial charge in [-0.15, -0.1) is 0 Å². The van der Waals surface area contributed by atoms with E-state index in [0.717, 1.165) is 0 Å². The molecule has 0 aliphatic carbocycles. The van der Waals surface area contributed by atoms with Crippen molar-refractivity contribution in [1.29, 1.82) is 0 Å². The molecule has 0 radical (unpaired) electrons. The number of nitrogens with zero attached hydrogens (tertiary/aromatic N) is 6. The summed E-state index contributed by atoms with van der Waals surface area (Å²) in [5, 5.41) is 9.71. The van der Waals surface area contributed by atoms with Crippen LogP contribution < -0.4 is 0 Å². The number of rotatable bonds is 5. The van der Waals surface area contributed by atoms with Crippen molar-refractivity contribution >= 4 is 23.3 Å². The van der Waals surface area contributed by atoms with E-state index in [1.165, 1.54) is 6.33 Å². The fourth-order valence-electron chi connectivity index (χ4n) is 1.62. The van der Waals surface area contributed by atoms with Gasteiger partial charge in [-0.3, -0.25) is 0 Å². The lowest BCUT2D eigenvalue weighted by Crippen LogP contribution is -2.14. The Hall–Kier alpha value is -2.02. The Morgan fingerprint density at radius 3 is 2.89 bits per heavy atom. The zero-order chi connectivity index (χ0) is 13.8. The second kappa shape index (κ2) is 5.75. The Balaban J connectivity index is 2.37. The number of aliphatic hydroxyl groups excluding tert-OH is 1. The zero-order valence-corrected chi connectivity index (χ0v) is 11.4. The average Bonchev–Trinajstić information content (AvgIpc) is 2.80. The topological polar surface area (TPSA) is 79.4 Å². The van der Waals surface area contributed by atoms with E-state index in [2.05, 4.69) is 19.9 Å². The van der Waals surface area contributed by atoms with Gasteiger partial charge in [0.1, 0.15) is 6.33 Å². The van der Waals surface area contributed by atoms with Gasteiger partial charge in [0.05, 0.1) is 25.3 Å². The summed E-state index contributed by atoms with van der Waals surface area (Å²) >= 11 is 0. The molecule has 0 aliphatic heterocycles. The molecule has 2 aromatic heterocycles. The first-order chi connectivity index (χ1) is 9.11. The molecule has 0 saturated heterocycles. The molecule has 0 spiro atoms. The fourth-order valence-corrected chi connectivity index (χ4v) is 1.62. The summed E-state index contributed by atoms with van der Waals surface area (Å²) in [6, 6.07) is 0. The van der Waals surface area contributed by atoms with Crippen LogP contribution in [0.5, 0.6) is 0 Å². The molecule has 2 heterocycles. The second-order valence-electron chi connectivity index (χ2n) is 4.54. The van der Waals surface area contributed by atoms with E-state index in [9.17, 15) is 5.11 Å². The van der Waals surface area contributed by atoms with Crippen LogP contribution >= 0.6 is 0 Å². The van der Waals surface area contributed by atoms with Crippen LogP contribution in [0.25, 0.3) is 11.2 Å². The van der Waals surface area contributed by atoms with Crippen LogP contribution in [0.1, 0.15) is 13.3 Å². The van der Waals surface area contributed by atoms with E-state index in [1.54, 1.807) is 12.7 Å². The number of fused-ring (bicyclic) bond motifs is 1. The zero-order valence-electron chi connectivity index (χ0n) is 11.4. The molecule has 0 aromatic carbocycles. The Morgan fingerprint density at radius 2 is 2.21 bits per heavy atom. The lowest BCUT2D eigenvalue weighted by molar-refractivity contribution is 0.151. The van der Waals surface area contributed by atoms with Gasteiger partial charge in [-0.05, 0) is 6.42 Å². The summed E-state index contributed by atoms with van der Waals surface area (Å²) in [4.78, 5) is 18.7. The summed E-state index contributed by atoms with van der Waals surface area (Å²) in [6.45, 7) is 2.41. The predicted octanol–water partition coefficient (Wildman–Crippen LogP) is 0.819. The maximum atomic E-state index is 9.71. The van der Waals surface area contributed by atoms with Crippen molar-refractivity contribution in [2.45, 2.75) is 26.0 Å².